The van der Waals surface area contributed by atoms with Gasteiger partial charge in [-0.05, 0) is 19.3 Å². The molecule has 1 saturated carbocycles. The van der Waals surface area contributed by atoms with Crippen molar-refractivity contribution >= 4 is 11.9 Å². The van der Waals surface area contributed by atoms with Gasteiger partial charge in [0.25, 0.3) is 0 Å². The molecule has 0 atom stereocenters. The van der Waals surface area contributed by atoms with Gasteiger partial charge in [-0.3, -0.25) is 0 Å². The Kier molecular flexibility index (Phi) is 4.76. The van der Waals surface area contributed by atoms with Gasteiger partial charge in [-0.25, -0.2) is 0 Å². The molecular formula is C13H23N5O. The second kappa shape index (κ2) is 6.54. The maximum Gasteiger partial charge on any atom is 0.323 e. The van der Waals surface area contributed by atoms with E-state index in [0.717, 1.165) is 6.42 Å². The number of rotatable bonds is 6. The Bertz CT molecular complexity index is 406. The third kappa shape index (κ3) is 3.45. The molecule has 19 heavy (non-hydrogen) atoms. The summed E-state index contributed by atoms with van der Waals surface area (Å²) in [6.07, 6.45) is 5.94. The van der Waals surface area contributed by atoms with Crippen LogP contribution < -0.4 is 15.0 Å². The number of anilines is 2. The van der Waals surface area contributed by atoms with Crippen LogP contribution in [0.25, 0.3) is 0 Å². The number of nitrogens with zero attached hydrogens (tertiary/aromatic N) is 4. The molecule has 1 N–H and O–H groups in total. The van der Waals surface area contributed by atoms with Gasteiger partial charge in [-0.2, -0.15) is 15.0 Å². The fourth-order valence-electron chi connectivity index (χ4n) is 2.33. The van der Waals surface area contributed by atoms with Crippen molar-refractivity contribution in [2.45, 2.75) is 45.1 Å². The molecule has 1 fully saturated rings. The Morgan fingerprint density at radius 1 is 1.26 bits per heavy atom. The second-order valence-corrected chi connectivity index (χ2v) is 4.89. The van der Waals surface area contributed by atoms with Crippen molar-refractivity contribution in [1.82, 2.24) is 15.0 Å². The summed E-state index contributed by atoms with van der Waals surface area (Å²) < 4.78 is 5.52. The SMILES string of the molecule is CCCOc1nc(NC)nc(N(C)C2CCCC2)n1. The van der Waals surface area contributed by atoms with Gasteiger partial charge in [-0.15, -0.1) is 0 Å². The molecular weight excluding hydrogens is 242 g/mol. The summed E-state index contributed by atoms with van der Waals surface area (Å²) in [6.45, 7) is 2.69. The van der Waals surface area contributed by atoms with Crippen molar-refractivity contribution in [3.05, 3.63) is 0 Å². The van der Waals surface area contributed by atoms with E-state index in [4.69, 9.17) is 4.74 Å². The van der Waals surface area contributed by atoms with Crippen molar-refractivity contribution < 1.29 is 4.74 Å². The first-order valence-corrected chi connectivity index (χ1v) is 7.04. The predicted molar refractivity (Wildman–Crippen MR) is 75.8 cm³/mol. The van der Waals surface area contributed by atoms with Crippen LogP contribution in [0.3, 0.4) is 0 Å². The molecule has 0 unspecified atom stereocenters. The highest BCUT2D eigenvalue weighted by Gasteiger charge is 2.22. The fourth-order valence-corrected chi connectivity index (χ4v) is 2.33. The summed E-state index contributed by atoms with van der Waals surface area (Å²) in [5.41, 5.74) is 0. The molecule has 1 aromatic heterocycles. The zero-order valence-corrected chi connectivity index (χ0v) is 12.0. The minimum Gasteiger partial charge on any atom is -0.463 e. The van der Waals surface area contributed by atoms with E-state index >= 15 is 0 Å². The molecule has 2 rings (SSSR count). The Morgan fingerprint density at radius 2 is 2.00 bits per heavy atom. The average molecular weight is 265 g/mol. The van der Waals surface area contributed by atoms with Gasteiger partial charge in [0.1, 0.15) is 0 Å². The number of nitrogens with one attached hydrogen (secondary N) is 1. The summed E-state index contributed by atoms with van der Waals surface area (Å²) in [7, 11) is 3.85. The van der Waals surface area contributed by atoms with Crippen LogP contribution in [0.2, 0.25) is 0 Å². The van der Waals surface area contributed by atoms with Crippen LogP contribution in [0, 0.1) is 0 Å². The highest BCUT2D eigenvalue weighted by atomic mass is 16.5. The van der Waals surface area contributed by atoms with E-state index in [1.54, 1.807) is 7.05 Å². The summed E-state index contributed by atoms with van der Waals surface area (Å²) in [5, 5.41) is 2.96. The topological polar surface area (TPSA) is 63.2 Å². The molecule has 1 heterocycles. The smallest absolute Gasteiger partial charge is 0.323 e. The summed E-state index contributed by atoms with van der Waals surface area (Å²) in [6, 6.07) is 0.937. The van der Waals surface area contributed by atoms with Crippen LogP contribution in [-0.2, 0) is 0 Å². The molecule has 6 heteroatoms. The molecule has 6 nitrogen and oxygen atoms in total. The van der Waals surface area contributed by atoms with Gasteiger partial charge in [0.2, 0.25) is 11.9 Å². The molecule has 0 aromatic carbocycles. The van der Waals surface area contributed by atoms with E-state index in [1.807, 2.05) is 7.05 Å². The number of hydrogen-bond donors (Lipinski definition) is 1. The van der Waals surface area contributed by atoms with Crippen LogP contribution in [0.1, 0.15) is 39.0 Å². The van der Waals surface area contributed by atoms with Gasteiger partial charge in [-0.1, -0.05) is 19.8 Å². The third-order valence-electron chi connectivity index (χ3n) is 3.45. The Balaban J connectivity index is 2.17. The van der Waals surface area contributed by atoms with Gasteiger partial charge in [0, 0.05) is 20.1 Å². The second-order valence-electron chi connectivity index (χ2n) is 4.89. The summed E-state index contributed by atoms with van der Waals surface area (Å²) >= 11 is 0. The standard InChI is InChI=1S/C13H23N5O/c1-4-9-19-13-16-11(14-2)15-12(17-13)18(3)10-7-5-6-8-10/h10H,4-9H2,1-3H3,(H,14,15,16,17). The number of ether oxygens (including phenoxy) is 1. The van der Waals surface area contributed by atoms with Crippen molar-refractivity contribution in [3.8, 4) is 6.01 Å². The highest BCUT2D eigenvalue weighted by Crippen LogP contribution is 2.26. The normalized spacial score (nSPS) is 15.5. The maximum absolute atomic E-state index is 5.52. The molecule has 1 aliphatic carbocycles. The number of aromatic nitrogens is 3. The van der Waals surface area contributed by atoms with Crippen LogP contribution in [-0.4, -0.2) is 41.7 Å². The number of hydrogen-bond acceptors (Lipinski definition) is 6. The van der Waals surface area contributed by atoms with Gasteiger partial charge >= 0.3 is 6.01 Å². The van der Waals surface area contributed by atoms with Gasteiger partial charge < -0.3 is 15.0 Å². The van der Waals surface area contributed by atoms with Crippen molar-refractivity contribution in [2.24, 2.45) is 0 Å². The first-order valence-electron chi connectivity index (χ1n) is 7.04. The van der Waals surface area contributed by atoms with Crippen molar-refractivity contribution in [3.63, 3.8) is 0 Å². The maximum atomic E-state index is 5.52. The zero-order chi connectivity index (χ0) is 13.7. The minimum atomic E-state index is 0.404. The van der Waals surface area contributed by atoms with Gasteiger partial charge in [0.05, 0.1) is 6.61 Å². The quantitative estimate of drug-likeness (QED) is 0.849. The van der Waals surface area contributed by atoms with E-state index in [9.17, 15) is 0 Å². The third-order valence-corrected chi connectivity index (χ3v) is 3.45. The van der Waals surface area contributed by atoms with Crippen LogP contribution >= 0.6 is 0 Å². The molecule has 1 aromatic rings. The van der Waals surface area contributed by atoms with Gasteiger partial charge in [0.15, 0.2) is 0 Å². The molecule has 0 bridgehead atoms. The van der Waals surface area contributed by atoms with E-state index in [-0.39, 0.29) is 0 Å². The molecule has 1 aliphatic rings. The first-order chi connectivity index (χ1) is 9.24. The highest BCUT2D eigenvalue weighted by molar-refractivity contribution is 5.38. The van der Waals surface area contributed by atoms with Crippen molar-refractivity contribution in [2.75, 3.05) is 30.9 Å². The summed E-state index contributed by atoms with van der Waals surface area (Å²) in [4.78, 5) is 15.2. The average Bonchev–Trinajstić information content (AvgIpc) is 2.98. The fraction of sp³-hybridized carbons (Fsp3) is 0.769. The van der Waals surface area contributed by atoms with E-state index in [2.05, 4.69) is 32.1 Å². The molecule has 0 saturated heterocycles. The zero-order valence-electron chi connectivity index (χ0n) is 12.0. The monoisotopic (exact) mass is 265 g/mol. The molecule has 0 aliphatic heterocycles. The van der Waals surface area contributed by atoms with E-state index in [1.165, 1.54) is 25.7 Å². The first kappa shape index (κ1) is 13.8. The van der Waals surface area contributed by atoms with E-state index < -0.39 is 0 Å². The largest absolute Gasteiger partial charge is 0.463 e. The molecule has 0 amide bonds. The van der Waals surface area contributed by atoms with Crippen LogP contribution in [0.5, 0.6) is 6.01 Å². The lowest BCUT2D eigenvalue weighted by atomic mass is 10.2. The Morgan fingerprint density at radius 3 is 2.63 bits per heavy atom. The lowest BCUT2D eigenvalue weighted by Gasteiger charge is -2.24. The minimum absolute atomic E-state index is 0.404. The lowest BCUT2D eigenvalue weighted by molar-refractivity contribution is 0.291. The Hall–Kier alpha value is -1.59. The van der Waals surface area contributed by atoms with Crippen LogP contribution in [0.4, 0.5) is 11.9 Å². The van der Waals surface area contributed by atoms with Crippen LogP contribution in [0.15, 0.2) is 0 Å². The Labute approximate surface area is 114 Å². The predicted octanol–water partition coefficient (Wildman–Crippen LogP) is 2.08. The van der Waals surface area contributed by atoms with Crippen molar-refractivity contribution in [1.29, 1.82) is 0 Å². The molecule has 0 spiro atoms. The summed E-state index contributed by atoms with van der Waals surface area (Å²) in [5.74, 6) is 1.25. The molecule has 0 radical (unpaired) electrons. The van der Waals surface area contributed by atoms with E-state index in [0.29, 0.717) is 30.6 Å². The molecule has 106 valence electrons. The lowest BCUT2D eigenvalue weighted by Crippen LogP contribution is -2.30.